The summed E-state index contributed by atoms with van der Waals surface area (Å²) in [7, 11) is 0. The molecule has 1 aliphatic rings. The summed E-state index contributed by atoms with van der Waals surface area (Å²) in [6, 6.07) is 11.1. The molecule has 1 fully saturated rings. The average molecular weight is 204 g/mol. The summed E-state index contributed by atoms with van der Waals surface area (Å²) in [5, 5.41) is 0. The Morgan fingerprint density at radius 1 is 1.27 bits per heavy atom. The maximum Gasteiger partial charge on any atom is 0.0168 e. The first-order chi connectivity index (χ1) is 7.34. The Hall–Kier alpha value is -0.860. The van der Waals surface area contributed by atoms with Gasteiger partial charge in [0.2, 0.25) is 0 Å². The van der Waals surface area contributed by atoms with Crippen LogP contribution in [0.4, 0.5) is 0 Å². The molecular formula is C13H20N2. The molecule has 1 heterocycles. The molecule has 1 atom stereocenters. The van der Waals surface area contributed by atoms with E-state index in [1.54, 1.807) is 0 Å². The van der Waals surface area contributed by atoms with Gasteiger partial charge in [0.25, 0.3) is 0 Å². The predicted molar refractivity (Wildman–Crippen MR) is 63.8 cm³/mol. The molecule has 2 N–H and O–H groups in total. The highest BCUT2D eigenvalue weighted by molar-refractivity contribution is 5.14. The summed E-state index contributed by atoms with van der Waals surface area (Å²) in [5.41, 5.74) is 7.38. The molecule has 0 amide bonds. The van der Waals surface area contributed by atoms with E-state index in [4.69, 9.17) is 5.73 Å². The van der Waals surface area contributed by atoms with Crippen molar-refractivity contribution in [2.75, 3.05) is 19.6 Å². The Kier molecular flexibility index (Phi) is 3.75. The van der Waals surface area contributed by atoms with Crippen molar-refractivity contribution in [1.29, 1.82) is 0 Å². The number of hydrogen-bond donors (Lipinski definition) is 1. The third-order valence-electron chi connectivity index (χ3n) is 3.10. The van der Waals surface area contributed by atoms with E-state index in [9.17, 15) is 0 Å². The van der Waals surface area contributed by atoms with Gasteiger partial charge in [-0.05, 0) is 31.4 Å². The molecule has 0 bridgehead atoms. The molecule has 0 saturated carbocycles. The van der Waals surface area contributed by atoms with Gasteiger partial charge < -0.3 is 10.6 Å². The second-order valence-electron chi connectivity index (χ2n) is 4.44. The SMILES string of the molecule is NC1CCCN(CCc2ccccc2)C1. The van der Waals surface area contributed by atoms with Crippen LogP contribution in [0.15, 0.2) is 30.3 Å². The second kappa shape index (κ2) is 5.29. The van der Waals surface area contributed by atoms with Crippen LogP contribution in [0.25, 0.3) is 0 Å². The van der Waals surface area contributed by atoms with Crippen LogP contribution in [0.2, 0.25) is 0 Å². The third kappa shape index (κ3) is 3.33. The van der Waals surface area contributed by atoms with E-state index < -0.39 is 0 Å². The molecule has 0 aromatic heterocycles. The summed E-state index contributed by atoms with van der Waals surface area (Å²) in [6.07, 6.45) is 3.60. The van der Waals surface area contributed by atoms with E-state index in [1.165, 1.54) is 24.9 Å². The summed E-state index contributed by atoms with van der Waals surface area (Å²) >= 11 is 0. The molecule has 1 aromatic carbocycles. The zero-order valence-electron chi connectivity index (χ0n) is 9.23. The fraction of sp³-hybridized carbons (Fsp3) is 0.538. The lowest BCUT2D eigenvalue weighted by atomic mass is 10.1. The highest BCUT2D eigenvalue weighted by Gasteiger charge is 2.15. The minimum Gasteiger partial charge on any atom is -0.327 e. The van der Waals surface area contributed by atoms with Crippen molar-refractivity contribution in [3.8, 4) is 0 Å². The van der Waals surface area contributed by atoms with Gasteiger partial charge in [0, 0.05) is 19.1 Å². The minimum absolute atomic E-state index is 0.398. The summed E-state index contributed by atoms with van der Waals surface area (Å²) in [4.78, 5) is 2.49. The van der Waals surface area contributed by atoms with Gasteiger partial charge in [0.05, 0.1) is 0 Å². The molecule has 2 nitrogen and oxygen atoms in total. The van der Waals surface area contributed by atoms with Crippen LogP contribution in [0.1, 0.15) is 18.4 Å². The molecule has 0 aliphatic carbocycles. The number of rotatable bonds is 3. The van der Waals surface area contributed by atoms with Crippen molar-refractivity contribution in [1.82, 2.24) is 4.90 Å². The van der Waals surface area contributed by atoms with Crippen LogP contribution in [-0.4, -0.2) is 30.6 Å². The first-order valence-electron chi connectivity index (χ1n) is 5.86. The van der Waals surface area contributed by atoms with Gasteiger partial charge in [0.1, 0.15) is 0 Å². The lowest BCUT2D eigenvalue weighted by molar-refractivity contribution is 0.211. The number of piperidine rings is 1. The van der Waals surface area contributed by atoms with Crippen LogP contribution in [-0.2, 0) is 6.42 Å². The van der Waals surface area contributed by atoms with E-state index in [1.807, 2.05) is 0 Å². The van der Waals surface area contributed by atoms with Crippen LogP contribution in [0, 0.1) is 0 Å². The topological polar surface area (TPSA) is 29.3 Å². The van der Waals surface area contributed by atoms with E-state index in [2.05, 4.69) is 35.2 Å². The van der Waals surface area contributed by atoms with Gasteiger partial charge >= 0.3 is 0 Å². The van der Waals surface area contributed by atoms with Crippen molar-refractivity contribution in [2.24, 2.45) is 5.73 Å². The van der Waals surface area contributed by atoms with Crippen LogP contribution in [0.3, 0.4) is 0 Å². The van der Waals surface area contributed by atoms with Crippen LogP contribution in [0.5, 0.6) is 0 Å². The smallest absolute Gasteiger partial charge is 0.0168 e. The number of nitrogens with two attached hydrogens (primary N) is 1. The minimum atomic E-state index is 0.398. The summed E-state index contributed by atoms with van der Waals surface area (Å²) < 4.78 is 0. The van der Waals surface area contributed by atoms with Gasteiger partial charge in [-0.1, -0.05) is 30.3 Å². The maximum absolute atomic E-state index is 5.95. The Balaban J connectivity index is 1.78. The normalized spacial score (nSPS) is 22.9. The molecule has 0 radical (unpaired) electrons. The standard InChI is InChI=1S/C13H20N2/c14-13-7-4-9-15(11-13)10-8-12-5-2-1-3-6-12/h1-3,5-6,13H,4,7-11,14H2. The van der Waals surface area contributed by atoms with Crippen LogP contribution >= 0.6 is 0 Å². The number of benzene rings is 1. The molecule has 1 aliphatic heterocycles. The molecule has 1 aromatic rings. The Labute approximate surface area is 92.1 Å². The highest BCUT2D eigenvalue weighted by atomic mass is 15.1. The predicted octanol–water partition coefficient (Wildman–Crippen LogP) is 1.65. The molecule has 2 rings (SSSR count). The van der Waals surface area contributed by atoms with Gasteiger partial charge in [-0.2, -0.15) is 0 Å². The molecule has 82 valence electrons. The van der Waals surface area contributed by atoms with Crippen molar-refractivity contribution in [3.05, 3.63) is 35.9 Å². The lowest BCUT2D eigenvalue weighted by Crippen LogP contribution is -2.43. The molecule has 0 spiro atoms. The number of nitrogens with zero attached hydrogens (tertiary/aromatic N) is 1. The van der Waals surface area contributed by atoms with Gasteiger partial charge in [0.15, 0.2) is 0 Å². The summed E-state index contributed by atoms with van der Waals surface area (Å²) in [6.45, 7) is 3.45. The Bertz CT molecular complexity index is 284. The van der Waals surface area contributed by atoms with E-state index in [0.29, 0.717) is 6.04 Å². The van der Waals surface area contributed by atoms with Gasteiger partial charge in [-0.3, -0.25) is 0 Å². The van der Waals surface area contributed by atoms with E-state index >= 15 is 0 Å². The number of hydrogen-bond acceptors (Lipinski definition) is 2. The fourth-order valence-corrected chi connectivity index (χ4v) is 2.23. The fourth-order valence-electron chi connectivity index (χ4n) is 2.23. The molecule has 2 heteroatoms. The second-order valence-corrected chi connectivity index (χ2v) is 4.44. The van der Waals surface area contributed by atoms with Crippen LogP contribution < -0.4 is 5.73 Å². The molecule has 1 unspecified atom stereocenters. The van der Waals surface area contributed by atoms with E-state index in [-0.39, 0.29) is 0 Å². The Morgan fingerprint density at radius 3 is 2.80 bits per heavy atom. The summed E-state index contributed by atoms with van der Waals surface area (Å²) in [5.74, 6) is 0. The van der Waals surface area contributed by atoms with Crippen molar-refractivity contribution < 1.29 is 0 Å². The third-order valence-corrected chi connectivity index (χ3v) is 3.10. The van der Waals surface area contributed by atoms with Gasteiger partial charge in [-0.15, -0.1) is 0 Å². The maximum atomic E-state index is 5.95. The molecule has 1 saturated heterocycles. The van der Waals surface area contributed by atoms with E-state index in [0.717, 1.165) is 19.5 Å². The Morgan fingerprint density at radius 2 is 2.07 bits per heavy atom. The van der Waals surface area contributed by atoms with Crippen molar-refractivity contribution in [3.63, 3.8) is 0 Å². The monoisotopic (exact) mass is 204 g/mol. The zero-order valence-corrected chi connectivity index (χ0v) is 9.23. The average Bonchev–Trinajstić information content (AvgIpc) is 2.28. The zero-order chi connectivity index (χ0) is 10.5. The first-order valence-corrected chi connectivity index (χ1v) is 5.86. The molecule has 15 heavy (non-hydrogen) atoms. The quantitative estimate of drug-likeness (QED) is 0.811. The molecular weight excluding hydrogens is 184 g/mol. The van der Waals surface area contributed by atoms with Crippen molar-refractivity contribution >= 4 is 0 Å². The van der Waals surface area contributed by atoms with Crippen molar-refractivity contribution in [2.45, 2.75) is 25.3 Å². The lowest BCUT2D eigenvalue weighted by Gasteiger charge is -2.30. The first kappa shape index (κ1) is 10.7. The highest BCUT2D eigenvalue weighted by Crippen LogP contribution is 2.09. The van der Waals surface area contributed by atoms with Gasteiger partial charge in [-0.25, -0.2) is 0 Å². The largest absolute Gasteiger partial charge is 0.327 e. The number of likely N-dealkylation sites (tertiary alicyclic amines) is 1.